The Morgan fingerprint density at radius 3 is 2.57 bits per heavy atom. The standard InChI is InChI=1S/C12H11NS/c1-13-12(14)11-8-4-6-9-5-2-3-7-10(9)11/h2-8H,1H3,(H,13,14). The topological polar surface area (TPSA) is 12.0 Å². The van der Waals surface area contributed by atoms with E-state index in [4.69, 9.17) is 12.2 Å². The van der Waals surface area contributed by atoms with Gasteiger partial charge in [-0.25, -0.2) is 0 Å². The number of benzene rings is 2. The summed E-state index contributed by atoms with van der Waals surface area (Å²) in [5.41, 5.74) is 1.10. The highest BCUT2D eigenvalue weighted by Gasteiger charge is 2.02. The van der Waals surface area contributed by atoms with Crippen molar-refractivity contribution in [1.82, 2.24) is 5.32 Å². The molecule has 0 saturated carbocycles. The van der Waals surface area contributed by atoms with Crippen LogP contribution >= 0.6 is 12.2 Å². The molecule has 0 aliphatic heterocycles. The van der Waals surface area contributed by atoms with Gasteiger partial charge in [0.15, 0.2) is 0 Å². The molecule has 0 saturated heterocycles. The van der Waals surface area contributed by atoms with E-state index >= 15 is 0 Å². The Hall–Kier alpha value is -1.41. The van der Waals surface area contributed by atoms with Gasteiger partial charge in [0.1, 0.15) is 4.99 Å². The van der Waals surface area contributed by atoms with Gasteiger partial charge in [0.05, 0.1) is 0 Å². The van der Waals surface area contributed by atoms with Crippen LogP contribution in [0, 0.1) is 0 Å². The molecule has 0 radical (unpaired) electrons. The summed E-state index contributed by atoms with van der Waals surface area (Å²) in [4.78, 5) is 0.793. The molecule has 0 aromatic heterocycles. The summed E-state index contributed by atoms with van der Waals surface area (Å²) in [7, 11) is 1.85. The van der Waals surface area contributed by atoms with Gasteiger partial charge in [-0.15, -0.1) is 0 Å². The highest BCUT2D eigenvalue weighted by Crippen LogP contribution is 2.18. The molecule has 0 aliphatic rings. The van der Waals surface area contributed by atoms with Gasteiger partial charge < -0.3 is 5.32 Å². The average molecular weight is 201 g/mol. The van der Waals surface area contributed by atoms with Crippen molar-refractivity contribution in [3.63, 3.8) is 0 Å². The van der Waals surface area contributed by atoms with Gasteiger partial charge in [-0.2, -0.15) is 0 Å². The molecular weight excluding hydrogens is 190 g/mol. The quantitative estimate of drug-likeness (QED) is 0.712. The zero-order valence-electron chi connectivity index (χ0n) is 7.95. The first-order chi connectivity index (χ1) is 6.83. The lowest BCUT2D eigenvalue weighted by Gasteiger charge is -2.06. The van der Waals surface area contributed by atoms with Crippen LogP contribution in [0.3, 0.4) is 0 Å². The van der Waals surface area contributed by atoms with Crippen LogP contribution in [0.25, 0.3) is 10.8 Å². The fraction of sp³-hybridized carbons (Fsp3) is 0.0833. The number of fused-ring (bicyclic) bond motifs is 1. The second-order valence-electron chi connectivity index (χ2n) is 3.11. The SMILES string of the molecule is CNC(=S)c1cccc2ccccc12. The minimum Gasteiger partial charge on any atom is -0.379 e. The zero-order valence-corrected chi connectivity index (χ0v) is 8.77. The van der Waals surface area contributed by atoms with E-state index in [9.17, 15) is 0 Å². The number of hydrogen-bond donors (Lipinski definition) is 1. The van der Waals surface area contributed by atoms with Gasteiger partial charge in [0.25, 0.3) is 0 Å². The minimum atomic E-state index is 0.793. The highest BCUT2D eigenvalue weighted by atomic mass is 32.1. The molecule has 0 heterocycles. The number of thiocarbonyl (C=S) groups is 1. The van der Waals surface area contributed by atoms with Gasteiger partial charge >= 0.3 is 0 Å². The van der Waals surface area contributed by atoms with Crippen LogP contribution in [0.4, 0.5) is 0 Å². The van der Waals surface area contributed by atoms with Crippen LogP contribution in [-0.2, 0) is 0 Å². The van der Waals surface area contributed by atoms with Gasteiger partial charge in [-0.3, -0.25) is 0 Å². The fourth-order valence-electron chi connectivity index (χ4n) is 1.56. The van der Waals surface area contributed by atoms with E-state index in [1.54, 1.807) is 0 Å². The normalized spacial score (nSPS) is 10.1. The van der Waals surface area contributed by atoms with Crippen molar-refractivity contribution in [1.29, 1.82) is 0 Å². The Morgan fingerprint density at radius 2 is 1.79 bits per heavy atom. The number of rotatable bonds is 1. The summed E-state index contributed by atoms with van der Waals surface area (Å²) in [5.74, 6) is 0. The van der Waals surface area contributed by atoms with Crippen molar-refractivity contribution in [3.05, 3.63) is 48.0 Å². The Labute approximate surface area is 88.8 Å². The zero-order chi connectivity index (χ0) is 9.97. The van der Waals surface area contributed by atoms with Crippen LogP contribution in [0.2, 0.25) is 0 Å². The Kier molecular flexibility index (Phi) is 2.46. The molecule has 0 aliphatic carbocycles. The van der Waals surface area contributed by atoms with E-state index in [1.807, 2.05) is 31.3 Å². The molecule has 1 nitrogen and oxygen atoms in total. The van der Waals surface area contributed by atoms with Crippen molar-refractivity contribution in [3.8, 4) is 0 Å². The predicted molar refractivity (Wildman–Crippen MR) is 64.7 cm³/mol. The Balaban J connectivity index is 2.71. The van der Waals surface area contributed by atoms with Crippen molar-refractivity contribution < 1.29 is 0 Å². The third-order valence-corrected chi connectivity index (χ3v) is 2.69. The molecule has 70 valence electrons. The molecule has 2 aromatic rings. The van der Waals surface area contributed by atoms with Gasteiger partial charge in [-0.1, -0.05) is 54.7 Å². The first-order valence-corrected chi connectivity index (χ1v) is 4.93. The monoisotopic (exact) mass is 201 g/mol. The third kappa shape index (κ3) is 1.49. The molecular formula is C12H11NS. The van der Waals surface area contributed by atoms with E-state index in [0.717, 1.165) is 10.6 Å². The lowest BCUT2D eigenvalue weighted by Crippen LogP contribution is -2.16. The summed E-state index contributed by atoms with van der Waals surface area (Å²) < 4.78 is 0. The van der Waals surface area contributed by atoms with Crippen molar-refractivity contribution in [2.45, 2.75) is 0 Å². The average Bonchev–Trinajstić information content (AvgIpc) is 2.27. The van der Waals surface area contributed by atoms with E-state index in [-0.39, 0.29) is 0 Å². The van der Waals surface area contributed by atoms with Gasteiger partial charge in [-0.05, 0) is 10.8 Å². The van der Waals surface area contributed by atoms with E-state index in [2.05, 4.69) is 23.5 Å². The van der Waals surface area contributed by atoms with Crippen molar-refractivity contribution >= 4 is 28.0 Å². The maximum absolute atomic E-state index is 5.24. The molecule has 1 N–H and O–H groups in total. The Bertz CT molecular complexity index is 471. The molecule has 2 rings (SSSR count). The highest BCUT2D eigenvalue weighted by molar-refractivity contribution is 7.80. The second-order valence-corrected chi connectivity index (χ2v) is 3.51. The molecule has 14 heavy (non-hydrogen) atoms. The van der Waals surface area contributed by atoms with Crippen LogP contribution in [-0.4, -0.2) is 12.0 Å². The van der Waals surface area contributed by atoms with Crippen LogP contribution in [0.5, 0.6) is 0 Å². The predicted octanol–water partition coefficient (Wildman–Crippen LogP) is 2.73. The van der Waals surface area contributed by atoms with Crippen molar-refractivity contribution in [2.24, 2.45) is 0 Å². The maximum Gasteiger partial charge on any atom is 0.106 e. The van der Waals surface area contributed by atoms with E-state index < -0.39 is 0 Å². The molecule has 2 aromatic carbocycles. The molecule has 0 bridgehead atoms. The van der Waals surface area contributed by atoms with Gasteiger partial charge in [0, 0.05) is 12.6 Å². The first kappa shape index (κ1) is 9.16. The lowest BCUT2D eigenvalue weighted by molar-refractivity contribution is 1.21. The van der Waals surface area contributed by atoms with E-state index in [1.165, 1.54) is 10.8 Å². The fourth-order valence-corrected chi connectivity index (χ4v) is 1.74. The molecule has 0 unspecified atom stereocenters. The summed E-state index contributed by atoms with van der Waals surface area (Å²) in [6, 6.07) is 14.4. The summed E-state index contributed by atoms with van der Waals surface area (Å²) in [6.45, 7) is 0. The van der Waals surface area contributed by atoms with Crippen molar-refractivity contribution in [2.75, 3.05) is 7.05 Å². The maximum atomic E-state index is 5.24. The summed E-state index contributed by atoms with van der Waals surface area (Å²) in [5, 5.41) is 5.43. The van der Waals surface area contributed by atoms with Gasteiger partial charge in [0.2, 0.25) is 0 Å². The number of nitrogens with one attached hydrogen (secondary N) is 1. The first-order valence-electron chi connectivity index (χ1n) is 4.53. The third-order valence-electron chi connectivity index (χ3n) is 2.26. The second kappa shape index (κ2) is 3.76. The number of hydrogen-bond acceptors (Lipinski definition) is 1. The van der Waals surface area contributed by atoms with E-state index in [0.29, 0.717) is 0 Å². The summed E-state index contributed by atoms with van der Waals surface area (Å²) >= 11 is 5.24. The molecule has 0 spiro atoms. The van der Waals surface area contributed by atoms with Crippen LogP contribution in [0.15, 0.2) is 42.5 Å². The minimum absolute atomic E-state index is 0.793. The van der Waals surface area contributed by atoms with Crippen LogP contribution in [0.1, 0.15) is 5.56 Å². The lowest BCUT2D eigenvalue weighted by atomic mass is 10.0. The summed E-state index contributed by atoms with van der Waals surface area (Å²) in [6.07, 6.45) is 0. The Morgan fingerprint density at radius 1 is 1.07 bits per heavy atom. The molecule has 0 atom stereocenters. The molecule has 0 fully saturated rings. The smallest absolute Gasteiger partial charge is 0.106 e. The molecule has 2 heteroatoms. The molecule has 0 amide bonds. The van der Waals surface area contributed by atoms with Crippen LogP contribution < -0.4 is 5.32 Å². The largest absolute Gasteiger partial charge is 0.379 e.